The molecule has 0 aromatic heterocycles. The monoisotopic (exact) mass is 585 g/mol. The molecular formula is C30H63N7O4. The third kappa shape index (κ3) is 16.4. The van der Waals surface area contributed by atoms with Crippen molar-refractivity contribution in [1.82, 2.24) is 29.8 Å². The molecule has 0 atom stereocenters. The van der Waals surface area contributed by atoms with Crippen molar-refractivity contribution in [3.05, 3.63) is 0 Å². The van der Waals surface area contributed by atoms with Crippen molar-refractivity contribution in [2.24, 2.45) is 5.73 Å². The molecule has 0 unspecified atom stereocenters. The van der Waals surface area contributed by atoms with Crippen LogP contribution >= 0.6 is 0 Å². The summed E-state index contributed by atoms with van der Waals surface area (Å²) in [6.07, 6.45) is 3.91. The van der Waals surface area contributed by atoms with E-state index in [1.165, 1.54) is 6.42 Å². The van der Waals surface area contributed by atoms with Gasteiger partial charge in [-0.1, -0.05) is 34.6 Å². The predicted octanol–water partition coefficient (Wildman–Crippen LogP) is 1.32. The van der Waals surface area contributed by atoms with Crippen molar-refractivity contribution in [1.29, 1.82) is 0 Å². The van der Waals surface area contributed by atoms with Gasteiger partial charge in [0.15, 0.2) is 0 Å². The summed E-state index contributed by atoms with van der Waals surface area (Å²) in [5, 5.41) is 3.20. The Morgan fingerprint density at radius 2 is 1.41 bits per heavy atom. The van der Waals surface area contributed by atoms with Gasteiger partial charge in [-0.15, -0.1) is 0 Å². The zero-order valence-electron chi connectivity index (χ0n) is 27.5. The highest BCUT2D eigenvalue weighted by Gasteiger charge is 2.29. The number of piperazine rings is 1. The van der Waals surface area contributed by atoms with E-state index in [4.69, 9.17) is 10.5 Å². The highest BCUT2D eigenvalue weighted by molar-refractivity contribution is 5.78. The maximum absolute atomic E-state index is 12.3. The first-order valence-electron chi connectivity index (χ1n) is 16.0. The molecule has 3 heterocycles. The second kappa shape index (κ2) is 24.8. The Morgan fingerprint density at radius 1 is 0.854 bits per heavy atom. The molecule has 0 spiro atoms. The van der Waals surface area contributed by atoms with Crippen molar-refractivity contribution in [3.8, 4) is 0 Å². The number of piperidine rings is 1. The van der Waals surface area contributed by atoms with E-state index in [1.54, 1.807) is 4.90 Å². The summed E-state index contributed by atoms with van der Waals surface area (Å²) in [5.41, 5.74) is 5.44. The van der Waals surface area contributed by atoms with Gasteiger partial charge in [0.1, 0.15) is 0 Å². The molecular weight excluding hydrogens is 522 g/mol. The molecule has 3 saturated heterocycles. The third-order valence-corrected chi connectivity index (χ3v) is 7.52. The number of nitrogens with zero attached hydrogens (tertiary/aromatic N) is 5. The minimum Gasteiger partial charge on any atom is -0.378 e. The summed E-state index contributed by atoms with van der Waals surface area (Å²) in [5.74, 6) is 0.503. The maximum atomic E-state index is 12.3. The average molecular weight is 586 g/mol. The molecule has 0 aromatic rings. The van der Waals surface area contributed by atoms with Crippen LogP contribution in [0.3, 0.4) is 0 Å². The molecule has 3 amide bonds. The van der Waals surface area contributed by atoms with Gasteiger partial charge in [0.25, 0.3) is 0 Å². The number of hydrogen-bond acceptors (Lipinski definition) is 8. The topological polar surface area (TPSA) is 115 Å². The lowest BCUT2D eigenvalue weighted by atomic mass is 10.0. The van der Waals surface area contributed by atoms with Gasteiger partial charge in [-0.2, -0.15) is 0 Å². The molecule has 0 aliphatic carbocycles. The number of hydrogen-bond donors (Lipinski definition) is 2. The molecule has 0 bridgehead atoms. The van der Waals surface area contributed by atoms with E-state index >= 15 is 0 Å². The highest BCUT2D eigenvalue weighted by atomic mass is 16.5. The SMILES string of the molecule is CC.CCC(=O)N(C)CC.CCCNCC.NCC(=O)N1CCC(N2CCN(CC(=O)N3CCOCC3)CC2)CC1. The Labute approximate surface area is 251 Å². The number of nitrogens with two attached hydrogens (primary N) is 1. The van der Waals surface area contributed by atoms with E-state index in [-0.39, 0.29) is 24.3 Å². The number of likely N-dealkylation sites (tertiary alicyclic amines) is 1. The van der Waals surface area contributed by atoms with Gasteiger partial charge < -0.3 is 30.5 Å². The molecule has 11 nitrogen and oxygen atoms in total. The predicted molar refractivity (Wildman–Crippen MR) is 168 cm³/mol. The van der Waals surface area contributed by atoms with Crippen molar-refractivity contribution in [2.45, 2.75) is 73.3 Å². The van der Waals surface area contributed by atoms with Crippen molar-refractivity contribution < 1.29 is 19.1 Å². The Bertz CT molecular complexity index is 672. The molecule has 41 heavy (non-hydrogen) atoms. The summed E-state index contributed by atoms with van der Waals surface area (Å²) in [4.78, 5) is 45.0. The Balaban J connectivity index is 0.000000827. The molecule has 3 aliphatic heterocycles. The Kier molecular flexibility index (Phi) is 23.7. The van der Waals surface area contributed by atoms with E-state index < -0.39 is 0 Å². The van der Waals surface area contributed by atoms with Crippen LogP contribution in [0.2, 0.25) is 0 Å². The van der Waals surface area contributed by atoms with Crippen LogP contribution in [-0.2, 0) is 19.1 Å². The smallest absolute Gasteiger partial charge is 0.236 e. The van der Waals surface area contributed by atoms with Gasteiger partial charge >= 0.3 is 0 Å². The second-order valence-electron chi connectivity index (χ2n) is 10.2. The Morgan fingerprint density at radius 3 is 1.83 bits per heavy atom. The summed E-state index contributed by atoms with van der Waals surface area (Å²) in [6.45, 7) is 24.1. The minimum absolute atomic E-state index is 0.0601. The lowest BCUT2D eigenvalue weighted by molar-refractivity contribution is -0.137. The minimum atomic E-state index is 0.0601. The van der Waals surface area contributed by atoms with E-state index in [1.807, 2.05) is 44.5 Å². The quantitative estimate of drug-likeness (QED) is 0.390. The molecule has 0 radical (unpaired) electrons. The zero-order chi connectivity index (χ0) is 31.0. The first kappa shape index (κ1) is 39.2. The number of carbonyl (C=O) groups excluding carboxylic acids is 3. The van der Waals surface area contributed by atoms with Crippen molar-refractivity contribution >= 4 is 17.7 Å². The average Bonchev–Trinajstić information content (AvgIpc) is 3.05. The first-order valence-corrected chi connectivity index (χ1v) is 16.0. The van der Waals surface area contributed by atoms with Crippen LogP contribution in [0.1, 0.15) is 67.2 Å². The number of carbonyl (C=O) groups is 3. The third-order valence-electron chi connectivity index (χ3n) is 7.52. The number of nitrogens with one attached hydrogen (secondary N) is 1. The van der Waals surface area contributed by atoms with Crippen LogP contribution in [-0.4, -0.2) is 154 Å². The molecule has 3 aliphatic rings. The molecule has 3 rings (SSSR count). The van der Waals surface area contributed by atoms with Crippen LogP contribution in [0.5, 0.6) is 0 Å². The first-order chi connectivity index (χ1) is 19.8. The van der Waals surface area contributed by atoms with Crippen LogP contribution in [0.15, 0.2) is 0 Å². The van der Waals surface area contributed by atoms with Gasteiger partial charge in [0.2, 0.25) is 17.7 Å². The van der Waals surface area contributed by atoms with E-state index in [9.17, 15) is 14.4 Å². The second-order valence-corrected chi connectivity index (χ2v) is 10.2. The normalized spacial score (nSPS) is 18.1. The number of rotatable bonds is 9. The van der Waals surface area contributed by atoms with Crippen molar-refractivity contribution in [2.75, 3.05) is 105 Å². The number of amides is 3. The molecule has 3 N–H and O–H groups in total. The van der Waals surface area contributed by atoms with Gasteiger partial charge in [-0.25, -0.2) is 0 Å². The fourth-order valence-corrected chi connectivity index (χ4v) is 4.80. The van der Waals surface area contributed by atoms with E-state index in [0.717, 1.165) is 84.8 Å². The fraction of sp³-hybridized carbons (Fsp3) is 0.900. The standard InChI is InChI=1S/C17H31N5O3.C6H13NO.C5H13N.C2H6/c18-13-16(23)21-3-1-15(2-4-21)20-7-5-19(6-8-20)14-17(24)22-9-11-25-12-10-22;1-4-6(8)7(3)5-2;1-3-5-6-4-2;1-2/h15H,1-14,18H2;4-5H2,1-3H3;6H,3-5H2,1-2H3;1-2H3. The van der Waals surface area contributed by atoms with Gasteiger partial charge in [-0.05, 0) is 39.3 Å². The van der Waals surface area contributed by atoms with Gasteiger partial charge in [-0.3, -0.25) is 24.2 Å². The molecule has 0 aromatic carbocycles. The van der Waals surface area contributed by atoms with E-state index in [2.05, 4.69) is 29.0 Å². The largest absolute Gasteiger partial charge is 0.378 e. The summed E-state index contributed by atoms with van der Waals surface area (Å²) in [6, 6.07) is 0.555. The fourth-order valence-electron chi connectivity index (χ4n) is 4.80. The van der Waals surface area contributed by atoms with Crippen LogP contribution in [0.4, 0.5) is 0 Å². The lowest BCUT2D eigenvalue weighted by Crippen LogP contribution is -2.55. The summed E-state index contributed by atoms with van der Waals surface area (Å²) < 4.78 is 5.30. The van der Waals surface area contributed by atoms with E-state index in [0.29, 0.717) is 32.2 Å². The Hall–Kier alpha value is -1.79. The van der Waals surface area contributed by atoms with Crippen LogP contribution < -0.4 is 11.1 Å². The molecule has 0 saturated carbocycles. The summed E-state index contributed by atoms with van der Waals surface area (Å²) in [7, 11) is 1.81. The zero-order valence-corrected chi connectivity index (χ0v) is 27.5. The number of morpholine rings is 1. The van der Waals surface area contributed by atoms with Crippen molar-refractivity contribution in [3.63, 3.8) is 0 Å². The maximum Gasteiger partial charge on any atom is 0.236 e. The molecule has 242 valence electrons. The van der Waals surface area contributed by atoms with Gasteiger partial charge in [0.05, 0.1) is 26.3 Å². The lowest BCUT2D eigenvalue weighted by Gasteiger charge is -2.43. The van der Waals surface area contributed by atoms with Crippen LogP contribution in [0.25, 0.3) is 0 Å². The molecule has 11 heteroatoms. The molecule has 3 fully saturated rings. The highest BCUT2D eigenvalue weighted by Crippen LogP contribution is 2.18. The number of ether oxygens (including phenoxy) is 1. The summed E-state index contributed by atoms with van der Waals surface area (Å²) >= 11 is 0. The van der Waals surface area contributed by atoms with Gasteiger partial charge in [0, 0.05) is 78.4 Å². The van der Waals surface area contributed by atoms with Crippen LogP contribution in [0, 0.1) is 0 Å².